The number of nitrogens with zero attached hydrogens (tertiary/aromatic N) is 1. The number of fused-ring (bicyclic) bond motifs is 1. The number of carbonyl (C=O) groups is 1. The van der Waals surface area contributed by atoms with E-state index in [2.05, 4.69) is 36.4 Å². The van der Waals surface area contributed by atoms with Gasteiger partial charge in [0.25, 0.3) is 0 Å². The van der Waals surface area contributed by atoms with Crippen LogP contribution in [-0.4, -0.2) is 44.2 Å². The number of rotatable bonds is 10. The first kappa shape index (κ1) is 26.3. The van der Waals surface area contributed by atoms with Crippen molar-refractivity contribution in [1.82, 2.24) is 4.90 Å². The molecule has 0 spiro atoms. The van der Waals surface area contributed by atoms with Gasteiger partial charge >= 0.3 is 29.6 Å². The normalized spacial score (nSPS) is 16.9. The molecule has 0 N–H and O–H groups in total. The molecular weight excluding hydrogens is 437 g/mol. The first-order valence-electron chi connectivity index (χ1n) is 11.5. The molecule has 0 aliphatic heterocycles. The van der Waals surface area contributed by atoms with Crippen LogP contribution in [0.3, 0.4) is 0 Å². The van der Waals surface area contributed by atoms with Gasteiger partial charge < -0.3 is 24.3 Å². The number of carboxylic acid groups (broad SMARTS) is 1. The van der Waals surface area contributed by atoms with Crippen LogP contribution in [0.1, 0.15) is 29.0 Å². The van der Waals surface area contributed by atoms with Gasteiger partial charge in [-0.2, -0.15) is 0 Å². The van der Waals surface area contributed by atoms with Crippen molar-refractivity contribution < 1.29 is 48.9 Å². The first-order chi connectivity index (χ1) is 16.1. The molecule has 3 aromatic carbocycles. The summed E-state index contributed by atoms with van der Waals surface area (Å²) < 4.78 is 11.7. The van der Waals surface area contributed by atoms with E-state index in [-0.39, 0.29) is 42.0 Å². The Kier molecular flexibility index (Phi) is 10.0. The number of carboxylic acids is 1. The maximum Gasteiger partial charge on any atom is 1.00 e. The molecule has 0 radical (unpaired) electrons. The van der Waals surface area contributed by atoms with Gasteiger partial charge in [-0.05, 0) is 66.8 Å². The van der Waals surface area contributed by atoms with Gasteiger partial charge in [-0.1, -0.05) is 54.6 Å². The molecule has 172 valence electrons. The molecule has 0 heterocycles. The fourth-order valence-corrected chi connectivity index (χ4v) is 4.78. The van der Waals surface area contributed by atoms with E-state index in [1.807, 2.05) is 54.4 Å². The molecule has 1 aliphatic rings. The van der Waals surface area contributed by atoms with E-state index < -0.39 is 5.97 Å². The fourth-order valence-electron chi connectivity index (χ4n) is 4.78. The molecule has 0 aromatic heterocycles. The summed E-state index contributed by atoms with van der Waals surface area (Å²) in [5.74, 6) is 1.20. The molecule has 0 saturated heterocycles. The third kappa shape index (κ3) is 7.09. The van der Waals surface area contributed by atoms with Crippen LogP contribution in [0.5, 0.6) is 11.5 Å². The van der Waals surface area contributed by atoms with E-state index in [9.17, 15) is 9.90 Å². The number of aliphatic carboxylic acids is 1. The van der Waals surface area contributed by atoms with Crippen LogP contribution in [-0.2, 0) is 11.2 Å². The van der Waals surface area contributed by atoms with Crippen LogP contribution in [0, 0.1) is 5.92 Å². The fraction of sp³-hybridized carbons (Fsp3) is 0.321. The number of hydrogen-bond donors (Lipinski definition) is 0. The van der Waals surface area contributed by atoms with Crippen LogP contribution < -0.4 is 44.1 Å². The second-order valence-corrected chi connectivity index (χ2v) is 8.63. The molecular formula is C28H30NNaO4. The number of aryl methyl sites for hydroxylation is 1. The molecule has 4 rings (SSSR count). The quantitative estimate of drug-likeness (QED) is 0.322. The van der Waals surface area contributed by atoms with E-state index in [0.29, 0.717) is 25.7 Å². The van der Waals surface area contributed by atoms with E-state index >= 15 is 0 Å². The van der Waals surface area contributed by atoms with Gasteiger partial charge in [0, 0.05) is 19.0 Å². The zero-order chi connectivity index (χ0) is 23.0. The van der Waals surface area contributed by atoms with Crippen molar-refractivity contribution in [3.8, 4) is 11.5 Å². The molecule has 2 atom stereocenters. The molecule has 0 unspecified atom stereocenters. The minimum atomic E-state index is -1.04. The van der Waals surface area contributed by atoms with Crippen molar-refractivity contribution in [1.29, 1.82) is 0 Å². The molecule has 0 amide bonds. The van der Waals surface area contributed by atoms with E-state index in [1.54, 1.807) is 0 Å². The third-order valence-electron chi connectivity index (χ3n) is 6.17. The van der Waals surface area contributed by atoms with Gasteiger partial charge in [0.2, 0.25) is 0 Å². The maximum atomic E-state index is 11.1. The Morgan fingerprint density at radius 1 is 0.941 bits per heavy atom. The van der Waals surface area contributed by atoms with Crippen molar-refractivity contribution in [3.05, 3.63) is 95.6 Å². The molecule has 1 aliphatic carbocycles. The average Bonchev–Trinajstić information content (AvgIpc) is 2.82. The van der Waals surface area contributed by atoms with Crippen LogP contribution in [0.15, 0.2) is 78.9 Å². The number of ether oxygens (including phenoxy) is 2. The molecule has 0 saturated carbocycles. The van der Waals surface area contributed by atoms with E-state index in [0.717, 1.165) is 24.3 Å². The number of likely N-dealkylation sites (N-methyl/N-ethyl adjacent to an activating group) is 1. The SMILES string of the molecule is CN(CC(=O)[O-])C[C@H]1CCc2cc(OCCOc3ccccc3)ccc2[C@H]1c1ccccc1.[Na+]. The number of benzene rings is 3. The van der Waals surface area contributed by atoms with Crippen molar-refractivity contribution in [2.24, 2.45) is 5.92 Å². The zero-order valence-electron chi connectivity index (χ0n) is 20.0. The summed E-state index contributed by atoms with van der Waals surface area (Å²) in [6.45, 7) is 1.62. The minimum Gasteiger partial charge on any atom is -0.549 e. The van der Waals surface area contributed by atoms with Crippen molar-refractivity contribution in [2.45, 2.75) is 18.8 Å². The van der Waals surface area contributed by atoms with Gasteiger partial charge in [-0.3, -0.25) is 0 Å². The number of carbonyl (C=O) groups excluding carboxylic acids is 1. The predicted molar refractivity (Wildman–Crippen MR) is 126 cm³/mol. The van der Waals surface area contributed by atoms with E-state index in [4.69, 9.17) is 9.47 Å². The summed E-state index contributed by atoms with van der Waals surface area (Å²) in [6.07, 6.45) is 1.94. The van der Waals surface area contributed by atoms with Gasteiger partial charge in [0.15, 0.2) is 0 Å². The molecule has 3 aromatic rings. The Morgan fingerprint density at radius 3 is 2.26 bits per heavy atom. The van der Waals surface area contributed by atoms with Gasteiger partial charge in [-0.25, -0.2) is 0 Å². The molecule has 34 heavy (non-hydrogen) atoms. The number of para-hydroxylation sites is 1. The first-order valence-corrected chi connectivity index (χ1v) is 11.5. The molecule has 5 nitrogen and oxygen atoms in total. The summed E-state index contributed by atoms with van der Waals surface area (Å²) in [5.41, 5.74) is 3.85. The zero-order valence-corrected chi connectivity index (χ0v) is 22.0. The summed E-state index contributed by atoms with van der Waals surface area (Å²) in [5, 5.41) is 11.1. The standard InChI is InChI=1S/C28H31NO4.Na/c1-29(20-27(30)31)19-23-13-12-22-18-25(33-17-16-32-24-10-6-3-7-11-24)14-15-26(22)28(23)21-8-4-2-5-9-21;/h2-11,14-15,18,23,28H,12-13,16-17,19-20H2,1H3,(H,30,31);/q;+1/p-1/t23-,28+;/m1./s1. The average molecular weight is 468 g/mol. The Hall–Kier alpha value is -2.31. The summed E-state index contributed by atoms with van der Waals surface area (Å²) in [6, 6.07) is 26.6. The Balaban J connectivity index is 0.00000324. The molecule has 0 fully saturated rings. The van der Waals surface area contributed by atoms with Crippen LogP contribution in [0.4, 0.5) is 0 Å². The smallest absolute Gasteiger partial charge is 0.549 e. The van der Waals surface area contributed by atoms with Gasteiger partial charge in [0.1, 0.15) is 24.7 Å². The minimum absolute atomic E-state index is 0. The van der Waals surface area contributed by atoms with Crippen molar-refractivity contribution >= 4 is 5.97 Å². The predicted octanol–water partition coefficient (Wildman–Crippen LogP) is 0.524. The summed E-state index contributed by atoms with van der Waals surface area (Å²) >= 11 is 0. The second-order valence-electron chi connectivity index (χ2n) is 8.63. The van der Waals surface area contributed by atoms with Crippen LogP contribution >= 0.6 is 0 Å². The van der Waals surface area contributed by atoms with Crippen molar-refractivity contribution in [2.75, 3.05) is 33.4 Å². The van der Waals surface area contributed by atoms with E-state index in [1.165, 1.54) is 16.7 Å². The summed E-state index contributed by atoms with van der Waals surface area (Å²) in [7, 11) is 1.85. The van der Waals surface area contributed by atoms with Crippen LogP contribution in [0.25, 0.3) is 0 Å². The van der Waals surface area contributed by atoms with Crippen LogP contribution in [0.2, 0.25) is 0 Å². The maximum absolute atomic E-state index is 11.1. The Bertz CT molecular complexity index is 1040. The third-order valence-corrected chi connectivity index (χ3v) is 6.17. The Morgan fingerprint density at radius 2 is 1.59 bits per heavy atom. The topological polar surface area (TPSA) is 61.8 Å². The second kappa shape index (κ2) is 13.0. The van der Waals surface area contributed by atoms with Gasteiger partial charge in [0.05, 0.1) is 5.97 Å². The summed E-state index contributed by atoms with van der Waals surface area (Å²) in [4.78, 5) is 12.9. The number of hydrogen-bond acceptors (Lipinski definition) is 5. The monoisotopic (exact) mass is 467 g/mol. The molecule has 6 heteroatoms. The molecule has 0 bridgehead atoms. The van der Waals surface area contributed by atoms with Gasteiger partial charge in [-0.15, -0.1) is 0 Å². The Labute approximate surface area is 224 Å². The van der Waals surface area contributed by atoms with Crippen molar-refractivity contribution in [3.63, 3.8) is 0 Å². The largest absolute Gasteiger partial charge is 1.00 e.